The lowest BCUT2D eigenvalue weighted by atomic mass is 10.3. The van der Waals surface area contributed by atoms with Gasteiger partial charge in [-0.15, -0.1) is 11.8 Å². The van der Waals surface area contributed by atoms with Crippen LogP contribution in [0.25, 0.3) is 0 Å². The molecule has 0 radical (unpaired) electrons. The third kappa shape index (κ3) is 3.73. The van der Waals surface area contributed by atoms with Crippen LogP contribution in [0.5, 0.6) is 0 Å². The summed E-state index contributed by atoms with van der Waals surface area (Å²) in [5.74, 6) is 0. The molecule has 0 heterocycles. The number of hydrogen-bond acceptors (Lipinski definition) is 4. The van der Waals surface area contributed by atoms with Crippen LogP contribution >= 0.6 is 11.8 Å². The van der Waals surface area contributed by atoms with Gasteiger partial charge in [-0.3, -0.25) is 0 Å². The van der Waals surface area contributed by atoms with Crippen molar-refractivity contribution in [2.75, 3.05) is 5.73 Å². The third-order valence-electron chi connectivity index (χ3n) is 1.60. The van der Waals surface area contributed by atoms with E-state index >= 15 is 0 Å². The molecule has 0 unspecified atom stereocenters. The first-order chi connectivity index (χ1) is 6.79. The smallest absolute Gasteiger partial charge is 0.238 e. The second-order valence-corrected chi connectivity index (χ2v) is 6.66. The van der Waals surface area contributed by atoms with Crippen molar-refractivity contribution in [3.63, 3.8) is 0 Å². The van der Waals surface area contributed by atoms with Gasteiger partial charge in [0.25, 0.3) is 0 Å². The highest BCUT2D eigenvalue weighted by Crippen LogP contribution is 2.27. The number of primary sulfonamides is 1. The highest BCUT2D eigenvalue weighted by molar-refractivity contribution is 8.00. The number of thioether (sulfide) groups is 1. The van der Waals surface area contributed by atoms with E-state index in [4.69, 9.17) is 10.9 Å². The van der Waals surface area contributed by atoms with Gasteiger partial charge in [0.1, 0.15) is 0 Å². The molecule has 1 rings (SSSR count). The maximum absolute atomic E-state index is 11.1. The first-order valence-corrected chi connectivity index (χ1v) is 6.81. The summed E-state index contributed by atoms with van der Waals surface area (Å²) >= 11 is 1.54. The Morgan fingerprint density at radius 3 is 2.33 bits per heavy atom. The van der Waals surface area contributed by atoms with E-state index in [0.29, 0.717) is 10.9 Å². The lowest BCUT2D eigenvalue weighted by Gasteiger charge is -2.07. The second-order valence-electron chi connectivity index (χ2n) is 3.45. The number of nitrogens with two attached hydrogens (primary N) is 2. The predicted molar refractivity (Wildman–Crippen MR) is 63.2 cm³/mol. The molecule has 0 saturated heterocycles. The number of hydrogen-bond donors (Lipinski definition) is 2. The van der Waals surface area contributed by atoms with E-state index in [1.807, 2.05) is 13.8 Å². The maximum atomic E-state index is 11.1. The van der Waals surface area contributed by atoms with E-state index in [-0.39, 0.29) is 4.90 Å². The Hall–Kier alpha value is -0.720. The number of anilines is 1. The molecule has 1 aromatic rings. The van der Waals surface area contributed by atoms with Crippen LogP contribution in [0.15, 0.2) is 28.0 Å². The minimum Gasteiger partial charge on any atom is -0.399 e. The van der Waals surface area contributed by atoms with Crippen LogP contribution in [0.2, 0.25) is 0 Å². The Bertz CT molecular complexity index is 455. The average Bonchev–Trinajstić information content (AvgIpc) is 1.99. The normalized spacial score (nSPS) is 12.0. The van der Waals surface area contributed by atoms with E-state index in [9.17, 15) is 8.42 Å². The molecule has 0 spiro atoms. The Balaban J connectivity index is 3.17. The van der Waals surface area contributed by atoms with E-state index in [1.165, 1.54) is 12.1 Å². The van der Waals surface area contributed by atoms with Crippen molar-refractivity contribution in [3.8, 4) is 0 Å². The lowest BCUT2D eigenvalue weighted by Crippen LogP contribution is -2.12. The van der Waals surface area contributed by atoms with Crippen LogP contribution in [0.4, 0.5) is 5.69 Å². The summed E-state index contributed by atoms with van der Waals surface area (Å²) in [7, 11) is -3.68. The molecule has 0 saturated carbocycles. The fourth-order valence-electron chi connectivity index (χ4n) is 1.10. The zero-order valence-electron chi connectivity index (χ0n) is 8.60. The fraction of sp³-hybridized carbons (Fsp3) is 0.333. The Morgan fingerprint density at radius 2 is 1.87 bits per heavy atom. The summed E-state index contributed by atoms with van der Waals surface area (Å²) in [4.78, 5) is 0.875. The summed E-state index contributed by atoms with van der Waals surface area (Å²) < 4.78 is 22.3. The van der Waals surface area contributed by atoms with Crippen LogP contribution in [-0.4, -0.2) is 13.7 Å². The molecule has 6 heteroatoms. The molecule has 4 nitrogen and oxygen atoms in total. The quantitative estimate of drug-likeness (QED) is 0.623. The lowest BCUT2D eigenvalue weighted by molar-refractivity contribution is 0.597. The van der Waals surface area contributed by atoms with Gasteiger partial charge in [-0.2, -0.15) is 0 Å². The number of benzene rings is 1. The number of sulfonamides is 1. The minimum absolute atomic E-state index is 0.0608. The van der Waals surface area contributed by atoms with Crippen LogP contribution in [0.1, 0.15) is 13.8 Å². The summed E-state index contributed by atoms with van der Waals surface area (Å²) in [6, 6.07) is 4.63. The van der Waals surface area contributed by atoms with Crippen LogP contribution in [0, 0.1) is 0 Å². The first kappa shape index (κ1) is 12.4. The second kappa shape index (κ2) is 4.42. The fourth-order valence-corrected chi connectivity index (χ4v) is 2.71. The summed E-state index contributed by atoms with van der Waals surface area (Å²) in [5.41, 5.74) is 6.01. The summed E-state index contributed by atoms with van der Waals surface area (Å²) in [6.45, 7) is 4.04. The van der Waals surface area contributed by atoms with Crippen LogP contribution in [-0.2, 0) is 10.0 Å². The minimum atomic E-state index is -3.68. The zero-order chi connectivity index (χ0) is 11.6. The molecule has 4 N–H and O–H groups in total. The van der Waals surface area contributed by atoms with Crippen molar-refractivity contribution in [1.29, 1.82) is 0 Å². The van der Waals surface area contributed by atoms with Crippen molar-refractivity contribution in [2.24, 2.45) is 5.14 Å². The highest BCUT2D eigenvalue weighted by atomic mass is 32.2. The Morgan fingerprint density at radius 1 is 1.27 bits per heavy atom. The molecule has 0 atom stereocenters. The van der Waals surface area contributed by atoms with Gasteiger partial charge in [0.2, 0.25) is 10.0 Å². The number of rotatable bonds is 3. The van der Waals surface area contributed by atoms with Gasteiger partial charge in [-0.25, -0.2) is 13.6 Å². The summed E-state index contributed by atoms with van der Waals surface area (Å²) in [5, 5.41) is 5.39. The SMILES string of the molecule is CC(C)Sc1cc(N)cc(S(N)(=O)=O)c1. The zero-order valence-corrected chi connectivity index (χ0v) is 10.2. The van der Waals surface area contributed by atoms with Crippen molar-refractivity contribution in [2.45, 2.75) is 28.9 Å². The van der Waals surface area contributed by atoms with Crippen molar-refractivity contribution < 1.29 is 8.42 Å². The average molecular weight is 246 g/mol. The van der Waals surface area contributed by atoms with E-state index in [0.717, 1.165) is 4.90 Å². The largest absolute Gasteiger partial charge is 0.399 e. The molecule has 1 aromatic carbocycles. The molecule has 0 aliphatic rings. The van der Waals surface area contributed by atoms with Crippen molar-refractivity contribution in [3.05, 3.63) is 18.2 Å². The molecule has 84 valence electrons. The van der Waals surface area contributed by atoms with Crippen molar-refractivity contribution >= 4 is 27.5 Å². The van der Waals surface area contributed by atoms with Crippen LogP contribution < -0.4 is 10.9 Å². The van der Waals surface area contributed by atoms with Gasteiger partial charge < -0.3 is 5.73 Å². The van der Waals surface area contributed by atoms with Gasteiger partial charge in [0, 0.05) is 15.8 Å². The Labute approximate surface area is 94.1 Å². The maximum Gasteiger partial charge on any atom is 0.238 e. The monoisotopic (exact) mass is 246 g/mol. The first-order valence-electron chi connectivity index (χ1n) is 4.39. The van der Waals surface area contributed by atoms with Gasteiger partial charge >= 0.3 is 0 Å². The predicted octanol–water partition coefficient (Wildman–Crippen LogP) is 1.42. The van der Waals surface area contributed by atoms with E-state index < -0.39 is 10.0 Å². The number of nitrogen functional groups attached to an aromatic ring is 1. The van der Waals surface area contributed by atoms with Gasteiger partial charge in [0.05, 0.1) is 4.90 Å². The molecule has 15 heavy (non-hydrogen) atoms. The van der Waals surface area contributed by atoms with Crippen LogP contribution in [0.3, 0.4) is 0 Å². The highest BCUT2D eigenvalue weighted by Gasteiger charge is 2.10. The molecule has 0 amide bonds. The van der Waals surface area contributed by atoms with Gasteiger partial charge in [-0.05, 0) is 18.2 Å². The van der Waals surface area contributed by atoms with Gasteiger partial charge in [0.15, 0.2) is 0 Å². The Kier molecular flexibility index (Phi) is 3.64. The molecular weight excluding hydrogens is 232 g/mol. The van der Waals surface area contributed by atoms with Gasteiger partial charge in [-0.1, -0.05) is 13.8 Å². The topological polar surface area (TPSA) is 86.2 Å². The molecule has 0 bridgehead atoms. The molecule has 0 aliphatic carbocycles. The van der Waals surface area contributed by atoms with E-state index in [2.05, 4.69) is 0 Å². The molecular formula is C9H14N2O2S2. The molecule has 0 aromatic heterocycles. The standard InChI is InChI=1S/C9H14N2O2S2/c1-6(2)14-8-3-7(10)4-9(5-8)15(11,12)13/h3-6H,10H2,1-2H3,(H2,11,12,13). The van der Waals surface area contributed by atoms with E-state index in [1.54, 1.807) is 17.8 Å². The summed E-state index contributed by atoms with van der Waals surface area (Å²) in [6.07, 6.45) is 0. The van der Waals surface area contributed by atoms with Crippen molar-refractivity contribution in [1.82, 2.24) is 0 Å². The third-order valence-corrected chi connectivity index (χ3v) is 3.47. The molecule has 0 fully saturated rings. The molecule has 0 aliphatic heterocycles.